The highest BCUT2D eigenvalue weighted by molar-refractivity contribution is 6.30. The average Bonchev–Trinajstić information content (AvgIpc) is 2.90. The lowest BCUT2D eigenvalue weighted by Gasteiger charge is -2.39. The van der Waals surface area contributed by atoms with Crippen LogP contribution in [0, 0.1) is 0 Å². The van der Waals surface area contributed by atoms with E-state index in [2.05, 4.69) is 57.6 Å². The highest BCUT2D eigenvalue weighted by atomic mass is 35.5. The molecular formula is C29H34ClN3O2. The van der Waals surface area contributed by atoms with E-state index in [-0.39, 0.29) is 24.6 Å². The molecule has 1 aliphatic heterocycles. The van der Waals surface area contributed by atoms with E-state index in [1.54, 1.807) is 0 Å². The van der Waals surface area contributed by atoms with Gasteiger partial charge in [0, 0.05) is 37.7 Å². The van der Waals surface area contributed by atoms with E-state index in [0.717, 1.165) is 43.3 Å². The molecule has 6 heteroatoms. The molecule has 0 aliphatic carbocycles. The number of ether oxygens (including phenoxy) is 1. The second kappa shape index (κ2) is 12.8. The summed E-state index contributed by atoms with van der Waals surface area (Å²) in [5, 5.41) is 3.75. The van der Waals surface area contributed by atoms with Gasteiger partial charge in [-0.15, -0.1) is 0 Å². The standard InChI is InChI=1S/C29H34ClN3O2/c1-23(24-8-4-2-5-9-24)31-28(34)22-35-21-20-32-16-18-33(19-17-32)29(25-10-6-3-7-11-25)26-12-14-27(30)15-13-26/h2-15,23,29H,16-22H2,1H3,(H,31,34). The molecule has 1 fully saturated rings. The number of nitrogens with one attached hydrogen (secondary N) is 1. The van der Waals surface area contributed by atoms with Gasteiger partial charge in [0.05, 0.1) is 18.7 Å². The molecule has 1 heterocycles. The zero-order valence-corrected chi connectivity index (χ0v) is 21.0. The predicted octanol–water partition coefficient (Wildman–Crippen LogP) is 4.94. The summed E-state index contributed by atoms with van der Waals surface area (Å²) in [6, 6.07) is 29.0. The third-order valence-electron chi connectivity index (χ3n) is 6.54. The number of carbonyl (C=O) groups is 1. The maximum Gasteiger partial charge on any atom is 0.246 e. The molecule has 0 saturated carbocycles. The Labute approximate surface area is 213 Å². The molecule has 0 spiro atoms. The number of halogens is 1. The summed E-state index contributed by atoms with van der Waals surface area (Å²) in [7, 11) is 0. The Hall–Kier alpha value is -2.70. The van der Waals surface area contributed by atoms with E-state index >= 15 is 0 Å². The van der Waals surface area contributed by atoms with Crippen molar-refractivity contribution in [2.75, 3.05) is 45.9 Å². The number of rotatable bonds is 10. The van der Waals surface area contributed by atoms with Crippen LogP contribution in [0.5, 0.6) is 0 Å². The molecule has 0 radical (unpaired) electrons. The van der Waals surface area contributed by atoms with E-state index in [1.165, 1.54) is 11.1 Å². The first-order valence-corrected chi connectivity index (χ1v) is 12.7. The van der Waals surface area contributed by atoms with Crippen LogP contribution < -0.4 is 5.32 Å². The van der Waals surface area contributed by atoms with Crippen LogP contribution in [-0.2, 0) is 9.53 Å². The molecule has 3 aromatic carbocycles. The van der Waals surface area contributed by atoms with Crippen molar-refractivity contribution in [2.24, 2.45) is 0 Å². The van der Waals surface area contributed by atoms with Crippen molar-refractivity contribution in [2.45, 2.75) is 19.0 Å². The normalized spacial score (nSPS) is 16.5. The molecule has 4 rings (SSSR count). The van der Waals surface area contributed by atoms with Crippen molar-refractivity contribution in [3.05, 3.63) is 107 Å². The number of piperazine rings is 1. The molecule has 3 aromatic rings. The van der Waals surface area contributed by atoms with Gasteiger partial charge in [-0.2, -0.15) is 0 Å². The van der Waals surface area contributed by atoms with Crippen LogP contribution in [0.2, 0.25) is 5.02 Å². The quantitative estimate of drug-likeness (QED) is 0.408. The summed E-state index contributed by atoms with van der Waals surface area (Å²) in [5.74, 6) is -0.0835. The Bertz CT molecular complexity index is 1040. The topological polar surface area (TPSA) is 44.8 Å². The summed E-state index contributed by atoms with van der Waals surface area (Å²) in [5.41, 5.74) is 3.64. The van der Waals surface area contributed by atoms with Gasteiger partial charge in [0.1, 0.15) is 6.61 Å². The number of amides is 1. The summed E-state index contributed by atoms with van der Waals surface area (Å²) < 4.78 is 5.68. The van der Waals surface area contributed by atoms with E-state index in [1.807, 2.05) is 49.4 Å². The van der Waals surface area contributed by atoms with E-state index in [9.17, 15) is 4.79 Å². The van der Waals surface area contributed by atoms with Crippen LogP contribution in [0.1, 0.15) is 35.7 Å². The minimum atomic E-state index is -0.0835. The van der Waals surface area contributed by atoms with Crippen LogP contribution in [0.4, 0.5) is 0 Å². The number of carbonyl (C=O) groups excluding carboxylic acids is 1. The van der Waals surface area contributed by atoms with Gasteiger partial charge in [-0.25, -0.2) is 0 Å². The van der Waals surface area contributed by atoms with Crippen LogP contribution in [0.15, 0.2) is 84.9 Å². The Morgan fingerprint density at radius 3 is 2.06 bits per heavy atom. The van der Waals surface area contributed by atoms with E-state index < -0.39 is 0 Å². The minimum absolute atomic E-state index is 0.0291. The van der Waals surface area contributed by atoms with Crippen molar-refractivity contribution in [1.82, 2.24) is 15.1 Å². The van der Waals surface area contributed by atoms with Crippen molar-refractivity contribution in [3.8, 4) is 0 Å². The molecule has 1 amide bonds. The largest absolute Gasteiger partial charge is 0.370 e. The van der Waals surface area contributed by atoms with Crippen LogP contribution in [-0.4, -0.2) is 61.6 Å². The van der Waals surface area contributed by atoms with Crippen LogP contribution in [0.3, 0.4) is 0 Å². The van der Waals surface area contributed by atoms with Gasteiger partial charge in [0.2, 0.25) is 5.91 Å². The highest BCUT2D eigenvalue weighted by Crippen LogP contribution is 2.30. The molecule has 5 nitrogen and oxygen atoms in total. The minimum Gasteiger partial charge on any atom is -0.370 e. The molecule has 1 saturated heterocycles. The zero-order valence-electron chi connectivity index (χ0n) is 20.3. The SMILES string of the molecule is CC(NC(=O)COCCN1CCN(C(c2ccccc2)c2ccc(Cl)cc2)CC1)c1ccccc1. The molecule has 1 N–H and O–H groups in total. The van der Waals surface area contributed by atoms with Gasteiger partial charge in [0.15, 0.2) is 0 Å². The lowest BCUT2D eigenvalue weighted by atomic mass is 9.96. The first-order chi connectivity index (χ1) is 17.1. The summed E-state index contributed by atoms with van der Waals surface area (Å²) in [6.45, 7) is 7.32. The number of hydrogen-bond donors (Lipinski definition) is 1. The molecule has 0 bridgehead atoms. The first kappa shape index (κ1) is 25.4. The Kier molecular flexibility index (Phi) is 9.32. The fourth-order valence-corrected chi connectivity index (χ4v) is 4.73. The summed E-state index contributed by atoms with van der Waals surface area (Å²) in [6.07, 6.45) is 0. The number of nitrogens with zero attached hydrogens (tertiary/aromatic N) is 2. The van der Waals surface area contributed by atoms with Crippen molar-refractivity contribution in [1.29, 1.82) is 0 Å². The first-order valence-electron chi connectivity index (χ1n) is 12.3. The highest BCUT2D eigenvalue weighted by Gasteiger charge is 2.26. The average molecular weight is 492 g/mol. The number of benzene rings is 3. The maximum atomic E-state index is 12.2. The van der Waals surface area contributed by atoms with Crippen molar-refractivity contribution in [3.63, 3.8) is 0 Å². The number of hydrogen-bond acceptors (Lipinski definition) is 4. The fraction of sp³-hybridized carbons (Fsp3) is 0.345. The molecule has 1 aliphatic rings. The molecule has 35 heavy (non-hydrogen) atoms. The van der Waals surface area contributed by atoms with Gasteiger partial charge in [0.25, 0.3) is 0 Å². The second-order valence-corrected chi connectivity index (χ2v) is 9.43. The van der Waals surface area contributed by atoms with Gasteiger partial charge in [-0.05, 0) is 35.7 Å². The predicted molar refractivity (Wildman–Crippen MR) is 142 cm³/mol. The summed E-state index contributed by atoms with van der Waals surface area (Å²) in [4.78, 5) is 17.2. The Balaban J connectivity index is 1.22. The third kappa shape index (κ3) is 7.39. The third-order valence-corrected chi connectivity index (χ3v) is 6.79. The van der Waals surface area contributed by atoms with Crippen LogP contribution >= 0.6 is 11.6 Å². The smallest absolute Gasteiger partial charge is 0.246 e. The molecule has 184 valence electrons. The van der Waals surface area contributed by atoms with Gasteiger partial charge in [-0.1, -0.05) is 84.4 Å². The lowest BCUT2D eigenvalue weighted by Crippen LogP contribution is -2.48. The molecular weight excluding hydrogens is 458 g/mol. The molecule has 0 aromatic heterocycles. The second-order valence-electron chi connectivity index (χ2n) is 8.99. The van der Waals surface area contributed by atoms with Crippen molar-refractivity contribution < 1.29 is 9.53 Å². The van der Waals surface area contributed by atoms with E-state index in [0.29, 0.717) is 6.61 Å². The monoisotopic (exact) mass is 491 g/mol. The zero-order chi connectivity index (χ0) is 24.5. The van der Waals surface area contributed by atoms with E-state index in [4.69, 9.17) is 16.3 Å². The van der Waals surface area contributed by atoms with Gasteiger partial charge >= 0.3 is 0 Å². The van der Waals surface area contributed by atoms with Gasteiger partial charge in [-0.3, -0.25) is 14.6 Å². The molecule has 2 unspecified atom stereocenters. The lowest BCUT2D eigenvalue weighted by molar-refractivity contribution is -0.126. The summed E-state index contributed by atoms with van der Waals surface area (Å²) >= 11 is 6.14. The fourth-order valence-electron chi connectivity index (χ4n) is 4.61. The van der Waals surface area contributed by atoms with Crippen molar-refractivity contribution >= 4 is 17.5 Å². The Morgan fingerprint density at radius 1 is 0.857 bits per heavy atom. The molecule has 2 atom stereocenters. The Morgan fingerprint density at radius 2 is 1.43 bits per heavy atom. The maximum absolute atomic E-state index is 12.2. The van der Waals surface area contributed by atoms with Crippen LogP contribution in [0.25, 0.3) is 0 Å². The van der Waals surface area contributed by atoms with Gasteiger partial charge < -0.3 is 10.1 Å².